The van der Waals surface area contributed by atoms with Crippen LogP contribution in [0.15, 0.2) is 84.9 Å². The number of hydrogen-bond donors (Lipinski definition) is 0. The van der Waals surface area contributed by atoms with Crippen LogP contribution < -0.4 is 62.0 Å². The van der Waals surface area contributed by atoms with Crippen LogP contribution in [0, 0.1) is 0 Å². The maximum Gasteiger partial charge on any atom is 0.262 e. The third-order valence-electron chi connectivity index (χ3n) is 10.2. The second kappa shape index (κ2) is 27.6. The Morgan fingerprint density at radius 1 is 0.385 bits per heavy atom. The summed E-state index contributed by atoms with van der Waals surface area (Å²) in [5, 5.41) is 2.35. The minimum Gasteiger partial charge on any atom is -1.00 e. The molecule has 65 heavy (non-hydrogen) atoms. The summed E-state index contributed by atoms with van der Waals surface area (Å²) in [6.07, 6.45) is 9.65. The molecular formula is C49H56Br2N2O10S2. The number of ether oxygens (including phenoxy) is 10. The maximum absolute atomic E-state index is 6.16. The molecule has 4 heterocycles. The van der Waals surface area contributed by atoms with Crippen molar-refractivity contribution in [3.05, 3.63) is 106 Å². The van der Waals surface area contributed by atoms with Crippen LogP contribution in [0.4, 0.5) is 0 Å². The minimum absolute atomic E-state index is 0. The number of para-hydroxylation sites is 2. The molecule has 0 radical (unpaired) electrons. The van der Waals surface area contributed by atoms with Gasteiger partial charge in [-0.05, 0) is 59.7 Å². The van der Waals surface area contributed by atoms with Crippen LogP contribution in [0.1, 0.15) is 27.6 Å². The van der Waals surface area contributed by atoms with E-state index in [-0.39, 0.29) is 34.0 Å². The molecule has 12 nitrogen and oxygen atoms in total. The van der Waals surface area contributed by atoms with Crippen LogP contribution in [-0.4, -0.2) is 106 Å². The second-order valence-electron chi connectivity index (χ2n) is 14.6. The first kappa shape index (κ1) is 50.5. The van der Waals surface area contributed by atoms with Gasteiger partial charge in [0.1, 0.15) is 35.8 Å². The highest BCUT2D eigenvalue weighted by atomic mass is 79.9. The molecule has 0 N–H and O–H groups in total. The molecular weight excluding hydrogens is 1000 g/mol. The summed E-state index contributed by atoms with van der Waals surface area (Å²) in [6, 6.07) is 29.4. The molecule has 0 saturated heterocycles. The molecule has 0 fully saturated rings. The van der Waals surface area contributed by atoms with E-state index in [0.29, 0.717) is 129 Å². The highest BCUT2D eigenvalue weighted by Gasteiger charge is 2.22. The number of nitrogens with zero attached hydrogens (tertiary/aromatic N) is 2. The molecule has 6 aromatic rings. The van der Waals surface area contributed by atoms with E-state index < -0.39 is 0 Å². The average molecular weight is 1060 g/mol. The van der Waals surface area contributed by atoms with E-state index >= 15 is 0 Å². The number of rotatable bonds is 8. The first-order chi connectivity index (χ1) is 31.3. The van der Waals surface area contributed by atoms with Crippen molar-refractivity contribution in [3.63, 3.8) is 0 Å². The minimum atomic E-state index is 0. The van der Waals surface area contributed by atoms with E-state index in [1.165, 1.54) is 30.4 Å². The van der Waals surface area contributed by atoms with Gasteiger partial charge in [0.2, 0.25) is 11.0 Å². The Balaban J connectivity index is 0.00000350. The zero-order valence-electron chi connectivity index (χ0n) is 36.4. The van der Waals surface area contributed by atoms with E-state index in [2.05, 4.69) is 94.1 Å². The number of benzene rings is 4. The Bertz CT molecular complexity index is 2260. The Morgan fingerprint density at radius 2 is 0.723 bits per heavy atom. The molecule has 8 rings (SSSR count). The van der Waals surface area contributed by atoms with Crippen molar-refractivity contribution in [1.29, 1.82) is 0 Å². The molecule has 0 bridgehead atoms. The van der Waals surface area contributed by atoms with Crippen LogP contribution in [0.3, 0.4) is 0 Å². The molecule has 2 aliphatic rings. The highest BCUT2D eigenvalue weighted by molar-refractivity contribution is 7.19. The van der Waals surface area contributed by atoms with Gasteiger partial charge in [0.15, 0.2) is 36.1 Å². The lowest BCUT2D eigenvalue weighted by Crippen LogP contribution is -3.00. The molecule has 2 aromatic heterocycles. The maximum atomic E-state index is 6.16. The molecule has 0 unspecified atom stereocenters. The van der Waals surface area contributed by atoms with Crippen LogP contribution >= 0.6 is 22.7 Å². The monoisotopic (exact) mass is 1050 g/mol. The van der Waals surface area contributed by atoms with Crippen LogP contribution in [0.2, 0.25) is 0 Å². The molecule has 0 saturated carbocycles. The van der Waals surface area contributed by atoms with Crippen LogP contribution in [0.5, 0.6) is 23.0 Å². The van der Waals surface area contributed by atoms with Gasteiger partial charge in [-0.3, -0.25) is 0 Å². The summed E-state index contributed by atoms with van der Waals surface area (Å²) in [6.45, 7) is 9.42. The molecule has 4 aromatic carbocycles. The predicted molar refractivity (Wildman–Crippen MR) is 246 cm³/mol. The summed E-state index contributed by atoms with van der Waals surface area (Å²) in [7, 11) is 0. The number of aromatic nitrogens is 2. The Kier molecular flexibility index (Phi) is 21.5. The lowest BCUT2D eigenvalue weighted by molar-refractivity contribution is -0.699. The lowest BCUT2D eigenvalue weighted by Gasteiger charge is -2.13. The molecule has 0 amide bonds. The highest BCUT2D eigenvalue weighted by Crippen LogP contribution is 2.32. The fraction of sp³-hybridized carbons (Fsp3) is 0.388. The SMILES string of the molecule is C(=C\c1sc2ccccc2[n+]1CCC[n+]1c(/C=C/c2ccc3c(c2)OCCOCCOCCOCCO3)sc2ccccc21)/c1ccc2c(c1)OCCOCCOCCOCCO2.[Br-].[Br-]. The molecule has 0 spiro atoms. The Morgan fingerprint density at radius 3 is 1.11 bits per heavy atom. The fourth-order valence-electron chi connectivity index (χ4n) is 7.18. The summed E-state index contributed by atoms with van der Waals surface area (Å²) in [5.41, 5.74) is 4.48. The van der Waals surface area contributed by atoms with Gasteiger partial charge in [-0.15, -0.1) is 0 Å². The Hall–Kier alpha value is -3.94. The van der Waals surface area contributed by atoms with E-state index in [1.807, 2.05) is 24.3 Å². The topological polar surface area (TPSA) is 100 Å². The van der Waals surface area contributed by atoms with Crippen molar-refractivity contribution in [2.45, 2.75) is 19.5 Å². The lowest BCUT2D eigenvalue weighted by atomic mass is 10.2. The van der Waals surface area contributed by atoms with Gasteiger partial charge in [0.05, 0.1) is 85.7 Å². The second-order valence-corrected chi connectivity index (χ2v) is 16.7. The molecule has 0 aliphatic carbocycles. The van der Waals surface area contributed by atoms with Crippen molar-refractivity contribution >= 4 is 67.4 Å². The summed E-state index contributed by atoms with van der Waals surface area (Å²) < 4.78 is 65.6. The van der Waals surface area contributed by atoms with Crippen molar-refractivity contribution in [1.82, 2.24) is 0 Å². The summed E-state index contributed by atoms with van der Waals surface area (Å²) >= 11 is 3.59. The standard InChI is InChI=1S/C49H56N2O10S2.2BrH/c1-3-8-46-40(6-1)50(48(62-46)16-12-38-10-14-42-44(36-38)60-34-30-56-26-22-52-20-24-54-28-32-58-42)18-5-19-51-41-7-2-4-9-47(41)63-49(51)17-13-39-11-15-43-45(37-39)61-35-31-57-27-23-53-21-25-55-29-33-59-43;;/h1-4,6-17,36-37H,5,18-35H2;2*1H/q+2;;/p-2/b16-12+,17-13+;;. The van der Waals surface area contributed by atoms with Gasteiger partial charge < -0.3 is 81.3 Å². The Labute approximate surface area is 409 Å². The van der Waals surface area contributed by atoms with Crippen LogP contribution in [0.25, 0.3) is 44.7 Å². The quantitative estimate of drug-likeness (QED) is 0.210. The molecule has 0 atom stereocenters. The van der Waals surface area contributed by atoms with Crippen LogP contribution in [-0.2, 0) is 41.5 Å². The molecule has 16 heteroatoms. The van der Waals surface area contributed by atoms with Crippen molar-refractivity contribution in [3.8, 4) is 23.0 Å². The average Bonchev–Trinajstić information content (AvgIpc) is 3.85. The van der Waals surface area contributed by atoms with Gasteiger partial charge in [0.25, 0.3) is 10.0 Å². The van der Waals surface area contributed by atoms with Gasteiger partial charge >= 0.3 is 0 Å². The number of hydrogen-bond acceptors (Lipinski definition) is 12. The third kappa shape index (κ3) is 15.0. The van der Waals surface area contributed by atoms with E-state index in [4.69, 9.17) is 47.4 Å². The normalized spacial score (nSPS) is 16.5. The zero-order chi connectivity index (χ0) is 42.7. The first-order valence-corrected chi connectivity index (χ1v) is 23.4. The van der Waals surface area contributed by atoms with Crippen molar-refractivity contribution in [2.24, 2.45) is 0 Å². The van der Waals surface area contributed by atoms with Crippen molar-refractivity contribution in [2.75, 3.05) is 106 Å². The number of aryl methyl sites for hydroxylation is 2. The van der Waals surface area contributed by atoms with Gasteiger partial charge in [0, 0.05) is 24.3 Å². The van der Waals surface area contributed by atoms with Gasteiger partial charge in [-0.2, -0.15) is 9.13 Å². The molecule has 2 aliphatic heterocycles. The van der Waals surface area contributed by atoms with Crippen molar-refractivity contribution < 1.29 is 90.5 Å². The molecule has 348 valence electrons. The smallest absolute Gasteiger partial charge is 0.262 e. The number of thiazole rings is 2. The fourth-order valence-corrected chi connectivity index (χ4v) is 9.37. The number of halogens is 2. The zero-order valence-corrected chi connectivity index (χ0v) is 41.2. The van der Waals surface area contributed by atoms with E-state index in [1.54, 1.807) is 22.7 Å². The van der Waals surface area contributed by atoms with E-state index in [0.717, 1.165) is 30.6 Å². The number of fused-ring (bicyclic) bond motifs is 4. The van der Waals surface area contributed by atoms with Gasteiger partial charge in [-0.1, -0.05) is 59.1 Å². The van der Waals surface area contributed by atoms with Gasteiger partial charge in [-0.25, -0.2) is 0 Å². The summed E-state index contributed by atoms with van der Waals surface area (Å²) in [5.74, 6) is 2.73. The summed E-state index contributed by atoms with van der Waals surface area (Å²) in [4.78, 5) is 0. The predicted octanol–water partition coefficient (Wildman–Crippen LogP) is 1.77. The largest absolute Gasteiger partial charge is 1.00 e. The third-order valence-corrected chi connectivity index (χ3v) is 12.5. The van der Waals surface area contributed by atoms with E-state index in [9.17, 15) is 0 Å². The first-order valence-electron chi connectivity index (χ1n) is 21.7.